The highest BCUT2D eigenvalue weighted by Crippen LogP contribution is 2.55. The van der Waals surface area contributed by atoms with E-state index < -0.39 is 99.1 Å². The largest absolute Gasteiger partial charge is 0.510 e. The van der Waals surface area contributed by atoms with Gasteiger partial charge in [0.1, 0.15) is 22.8 Å². The van der Waals surface area contributed by atoms with Crippen LogP contribution in [0.1, 0.15) is 54.0 Å². The van der Waals surface area contributed by atoms with E-state index in [9.17, 15) is 30.0 Å². The van der Waals surface area contributed by atoms with Crippen molar-refractivity contribution < 1.29 is 43.2 Å². The fourth-order valence-electron chi connectivity index (χ4n) is 8.18. The second-order valence-electron chi connectivity index (χ2n) is 12.8. The van der Waals surface area contributed by atoms with Crippen LogP contribution in [0.3, 0.4) is 0 Å². The maximum atomic E-state index is 15.2. The number of alkyl halides is 3. The number of nitrogens with two attached hydrogens (primary N) is 1. The average molecular weight is 641 g/mol. The summed E-state index contributed by atoms with van der Waals surface area (Å²) in [7, 11) is 3.01. The lowest BCUT2D eigenvalue weighted by Gasteiger charge is -2.51. The highest BCUT2D eigenvalue weighted by Gasteiger charge is 2.63. The molecule has 0 spiro atoms. The van der Waals surface area contributed by atoms with Crippen LogP contribution in [0.2, 0.25) is 0 Å². The molecule has 1 amide bonds. The number of para-hydroxylation sites is 1. The van der Waals surface area contributed by atoms with Crippen LogP contribution in [0, 0.1) is 17.2 Å². The van der Waals surface area contributed by atoms with Gasteiger partial charge < -0.3 is 36.5 Å². The number of Topliss-reactive ketones (excluding diaryl/α,β-unsaturated/α-hetero) is 1. The molecule has 1 unspecified atom stereocenters. The van der Waals surface area contributed by atoms with Gasteiger partial charge in [0.25, 0.3) is 5.91 Å². The number of carbonyl (C=O) groups is 2. The van der Waals surface area contributed by atoms with E-state index in [0.717, 1.165) is 18.2 Å². The summed E-state index contributed by atoms with van der Waals surface area (Å²) in [4.78, 5) is 29.7. The zero-order valence-electron chi connectivity index (χ0n) is 25.2. The van der Waals surface area contributed by atoms with Gasteiger partial charge in [-0.25, -0.2) is 0 Å². The maximum Gasteiger partial charge on any atom is 0.417 e. The summed E-state index contributed by atoms with van der Waals surface area (Å²) in [6, 6.07) is 8.12. The second-order valence-corrected chi connectivity index (χ2v) is 12.8. The number of piperidine rings is 1. The number of nitrogens with zero attached hydrogens (tertiary/aromatic N) is 2. The molecule has 1 heterocycles. The van der Waals surface area contributed by atoms with Crippen molar-refractivity contribution in [3.8, 4) is 5.75 Å². The molecule has 0 aromatic heterocycles. The van der Waals surface area contributed by atoms with Crippen LogP contribution < -0.4 is 10.6 Å². The van der Waals surface area contributed by atoms with Gasteiger partial charge in [0.15, 0.2) is 5.60 Å². The second kappa shape index (κ2) is 10.9. The SMILES string of the molecule is CN(C)[C@@H]1C(O)=C(C(N)=O)C(=N)[C@@]2(O)C(=O)C3=C(O)c4c(O)cc(C5CCCCN5c5ccccc5)c(C(F)(F)F)c4C[C@H]3C[C@@H]12. The standard InChI is InChI=1S/C33H35F3N4O6/c1-39(2)26-19-13-15-12-18-23(27(42)22(15)30(44)32(19,46)29(37)24(28(26)43)31(38)45)21(41)14-17(25(18)33(34,35)36)20-10-6-7-11-40(20)16-8-4-3-5-9-16/h3-5,8-9,14-15,19-20,26,37,41-43,46H,6-7,10-13H2,1-2H3,(H2,38,45)/t15-,19-,20?,26-,32+/m0/s1. The number of primary amides is 1. The van der Waals surface area contributed by atoms with Gasteiger partial charge in [-0.05, 0) is 81.4 Å². The van der Waals surface area contributed by atoms with E-state index in [2.05, 4.69) is 0 Å². The predicted molar refractivity (Wildman–Crippen MR) is 162 cm³/mol. The van der Waals surface area contributed by atoms with Gasteiger partial charge in [-0.1, -0.05) is 18.2 Å². The molecule has 5 atom stereocenters. The van der Waals surface area contributed by atoms with E-state index in [4.69, 9.17) is 11.1 Å². The molecular weight excluding hydrogens is 605 g/mol. The van der Waals surface area contributed by atoms with Crippen molar-refractivity contribution >= 4 is 28.8 Å². The molecule has 4 aliphatic rings. The first kappa shape index (κ1) is 31.6. The number of halogens is 3. The average Bonchev–Trinajstić information content (AvgIpc) is 2.98. The number of carbonyl (C=O) groups excluding carboxylic acids is 2. The number of aliphatic hydroxyl groups is 3. The van der Waals surface area contributed by atoms with Crippen molar-refractivity contribution in [2.24, 2.45) is 17.6 Å². The minimum atomic E-state index is -4.90. The van der Waals surface area contributed by atoms with Crippen molar-refractivity contribution in [1.29, 1.82) is 5.41 Å². The van der Waals surface area contributed by atoms with Crippen LogP contribution in [0.25, 0.3) is 5.76 Å². The van der Waals surface area contributed by atoms with Crippen molar-refractivity contribution in [3.63, 3.8) is 0 Å². The van der Waals surface area contributed by atoms with Crippen LogP contribution in [-0.2, 0) is 22.2 Å². The molecule has 244 valence electrons. The molecule has 1 saturated carbocycles. The molecule has 2 fully saturated rings. The van der Waals surface area contributed by atoms with Gasteiger partial charge in [-0.2, -0.15) is 13.2 Å². The van der Waals surface area contributed by atoms with Crippen LogP contribution in [0.15, 0.2) is 53.3 Å². The first-order valence-electron chi connectivity index (χ1n) is 15.1. The zero-order valence-corrected chi connectivity index (χ0v) is 25.2. The first-order valence-corrected chi connectivity index (χ1v) is 15.1. The molecule has 3 aliphatic carbocycles. The highest BCUT2D eigenvalue weighted by atomic mass is 19.4. The maximum absolute atomic E-state index is 15.2. The predicted octanol–water partition coefficient (Wildman–Crippen LogP) is 4.17. The number of aromatic hydroxyl groups is 1. The minimum Gasteiger partial charge on any atom is -0.510 e. The van der Waals surface area contributed by atoms with Gasteiger partial charge in [-0.3, -0.25) is 14.5 Å². The molecule has 7 N–H and O–H groups in total. The van der Waals surface area contributed by atoms with E-state index in [-0.39, 0.29) is 17.5 Å². The number of likely N-dealkylation sites (N-methyl/N-ethyl adjacent to an activating group) is 1. The van der Waals surface area contributed by atoms with Gasteiger partial charge in [0.05, 0.1) is 28.9 Å². The number of anilines is 1. The van der Waals surface area contributed by atoms with Gasteiger partial charge >= 0.3 is 6.18 Å². The summed E-state index contributed by atoms with van der Waals surface area (Å²) >= 11 is 0. The van der Waals surface area contributed by atoms with Crippen molar-refractivity contribution in [2.45, 2.75) is 56.0 Å². The number of amides is 1. The summed E-state index contributed by atoms with van der Waals surface area (Å²) in [5, 5.41) is 54.2. The van der Waals surface area contributed by atoms with E-state index >= 15 is 13.2 Å². The van der Waals surface area contributed by atoms with E-state index in [1.807, 2.05) is 23.1 Å². The van der Waals surface area contributed by atoms with Crippen LogP contribution in [-0.4, -0.2) is 75.0 Å². The number of fused-ring (bicyclic) bond motifs is 3. The van der Waals surface area contributed by atoms with Gasteiger partial charge in [-0.15, -0.1) is 0 Å². The third kappa shape index (κ3) is 4.50. The Balaban J connectivity index is 1.55. The molecule has 13 heteroatoms. The molecule has 2 aromatic rings. The Kier molecular flexibility index (Phi) is 7.47. The molecule has 46 heavy (non-hydrogen) atoms. The number of phenols is 1. The number of phenolic OH excluding ortho intramolecular Hbond substituents is 1. The van der Waals surface area contributed by atoms with Gasteiger partial charge in [0.2, 0.25) is 5.78 Å². The number of hydrogen-bond donors (Lipinski definition) is 6. The summed E-state index contributed by atoms with van der Waals surface area (Å²) < 4.78 is 45.5. The third-order valence-electron chi connectivity index (χ3n) is 10.0. The molecule has 6 rings (SSSR count). The molecule has 2 aromatic carbocycles. The smallest absolute Gasteiger partial charge is 0.417 e. The quantitative estimate of drug-likeness (QED) is 0.289. The molecule has 0 bridgehead atoms. The molecule has 10 nitrogen and oxygen atoms in total. The molecule has 1 saturated heterocycles. The van der Waals surface area contributed by atoms with E-state index in [1.54, 1.807) is 12.1 Å². The van der Waals surface area contributed by atoms with E-state index in [0.29, 0.717) is 19.4 Å². The third-order valence-corrected chi connectivity index (χ3v) is 10.0. The Morgan fingerprint density at radius 3 is 2.41 bits per heavy atom. The number of benzene rings is 2. The Morgan fingerprint density at radius 2 is 1.80 bits per heavy atom. The number of nitrogens with one attached hydrogen (secondary N) is 1. The normalized spacial score (nSPS) is 28.3. The topological polar surface area (TPSA) is 171 Å². The van der Waals surface area contributed by atoms with Crippen LogP contribution >= 0.6 is 0 Å². The van der Waals surface area contributed by atoms with Crippen molar-refractivity contribution in [3.05, 3.63) is 75.6 Å². The molecular formula is C33H35F3N4O6. The zero-order chi connectivity index (χ0) is 33.5. The minimum absolute atomic E-state index is 0.139. The lowest BCUT2D eigenvalue weighted by atomic mass is 9.56. The highest BCUT2D eigenvalue weighted by molar-refractivity contribution is 6.33. The Hall–Kier alpha value is -4.36. The summed E-state index contributed by atoms with van der Waals surface area (Å²) in [6.07, 6.45) is -3.72. The Labute approximate surface area is 262 Å². The lowest BCUT2D eigenvalue weighted by molar-refractivity contribution is -0.139. The lowest BCUT2D eigenvalue weighted by Crippen LogP contribution is -2.67. The van der Waals surface area contributed by atoms with Crippen LogP contribution in [0.4, 0.5) is 18.9 Å². The number of aliphatic hydroxyl groups excluding tert-OH is 2. The molecule has 1 aliphatic heterocycles. The Morgan fingerprint density at radius 1 is 1.13 bits per heavy atom. The number of rotatable bonds is 4. The summed E-state index contributed by atoms with van der Waals surface area (Å²) in [5.74, 6) is -7.00. The monoisotopic (exact) mass is 640 g/mol. The number of hydrogen-bond acceptors (Lipinski definition) is 9. The van der Waals surface area contributed by atoms with Crippen molar-refractivity contribution in [1.82, 2.24) is 4.90 Å². The summed E-state index contributed by atoms with van der Waals surface area (Å²) in [6.45, 7) is 0.499. The molecule has 0 radical (unpaired) electrons. The number of ketones is 1. The van der Waals surface area contributed by atoms with E-state index in [1.165, 1.54) is 19.0 Å². The fourth-order valence-corrected chi connectivity index (χ4v) is 8.18. The van der Waals surface area contributed by atoms with Crippen molar-refractivity contribution in [2.75, 3.05) is 25.5 Å². The summed E-state index contributed by atoms with van der Waals surface area (Å²) in [5.41, 5.74) is -0.786. The van der Waals surface area contributed by atoms with Crippen LogP contribution in [0.5, 0.6) is 5.75 Å². The first-order chi connectivity index (χ1) is 21.6. The fraction of sp³-hybridized carbons (Fsp3) is 0.424. The van der Waals surface area contributed by atoms with Gasteiger partial charge in [0, 0.05) is 23.7 Å². The Bertz CT molecular complexity index is 1720.